The molecule has 6 nitrogen and oxygen atoms in total. The summed E-state index contributed by atoms with van der Waals surface area (Å²) in [6.07, 6.45) is 2.26. The number of hydrogen-bond donors (Lipinski definition) is 1. The fraction of sp³-hybridized carbons (Fsp3) is 0.300. The van der Waals surface area contributed by atoms with Gasteiger partial charge in [-0.1, -0.05) is 35.9 Å². The van der Waals surface area contributed by atoms with Gasteiger partial charge in [-0.25, -0.2) is 23.1 Å². The van der Waals surface area contributed by atoms with E-state index in [-0.39, 0.29) is 16.5 Å². The molecule has 1 N–H and O–H groups in total. The molecular formula is C20H21ClN4O2S. The van der Waals surface area contributed by atoms with E-state index in [4.69, 9.17) is 16.6 Å². The number of anilines is 1. The van der Waals surface area contributed by atoms with Crippen LogP contribution in [-0.4, -0.2) is 31.5 Å². The zero-order valence-corrected chi connectivity index (χ0v) is 17.1. The normalized spacial score (nSPS) is 14.7. The molecule has 0 spiro atoms. The number of rotatable bonds is 5. The molecule has 0 saturated carbocycles. The van der Waals surface area contributed by atoms with Gasteiger partial charge in [0, 0.05) is 18.5 Å². The lowest BCUT2D eigenvalue weighted by Crippen LogP contribution is -2.26. The highest BCUT2D eigenvalue weighted by Crippen LogP contribution is 2.28. The predicted molar refractivity (Wildman–Crippen MR) is 111 cm³/mol. The van der Waals surface area contributed by atoms with E-state index in [0.29, 0.717) is 5.82 Å². The monoisotopic (exact) mass is 416 g/mol. The Bertz CT molecular complexity index is 1130. The van der Waals surface area contributed by atoms with E-state index < -0.39 is 10.0 Å². The van der Waals surface area contributed by atoms with E-state index in [1.54, 1.807) is 18.2 Å². The number of nitrogens with one attached hydrogen (secondary N) is 1. The van der Waals surface area contributed by atoms with Crippen molar-refractivity contribution in [1.29, 1.82) is 0 Å². The summed E-state index contributed by atoms with van der Waals surface area (Å²) in [6.45, 7) is 3.90. The molecular weight excluding hydrogens is 396 g/mol. The molecule has 2 heterocycles. The second-order valence-electron chi connectivity index (χ2n) is 6.88. The van der Waals surface area contributed by atoms with Gasteiger partial charge in [0.2, 0.25) is 10.0 Å². The number of hydrogen-bond acceptors (Lipinski definition) is 5. The number of benzene rings is 2. The van der Waals surface area contributed by atoms with Crippen molar-refractivity contribution in [2.24, 2.45) is 0 Å². The van der Waals surface area contributed by atoms with Crippen LogP contribution >= 0.6 is 11.6 Å². The van der Waals surface area contributed by atoms with E-state index in [1.165, 1.54) is 6.07 Å². The van der Waals surface area contributed by atoms with Crippen molar-refractivity contribution in [3.63, 3.8) is 0 Å². The minimum Gasteiger partial charge on any atom is -0.356 e. The Balaban J connectivity index is 1.69. The minimum atomic E-state index is -3.76. The van der Waals surface area contributed by atoms with Gasteiger partial charge in [-0.2, -0.15) is 0 Å². The third-order valence-electron chi connectivity index (χ3n) is 4.91. The second kappa shape index (κ2) is 7.66. The molecule has 28 heavy (non-hydrogen) atoms. The lowest BCUT2D eigenvalue weighted by atomic mass is 10.1. The molecule has 4 rings (SSSR count). The van der Waals surface area contributed by atoms with Gasteiger partial charge in [-0.05, 0) is 43.5 Å². The summed E-state index contributed by atoms with van der Waals surface area (Å²) in [5, 5.41) is 1.18. The van der Waals surface area contributed by atoms with Gasteiger partial charge in [0.15, 0.2) is 0 Å². The van der Waals surface area contributed by atoms with E-state index in [1.807, 2.05) is 25.1 Å². The second-order valence-corrected chi connectivity index (χ2v) is 9.03. The average Bonchev–Trinajstić information content (AvgIpc) is 3.21. The van der Waals surface area contributed by atoms with E-state index in [9.17, 15) is 8.42 Å². The third-order valence-corrected chi connectivity index (χ3v) is 6.81. The van der Waals surface area contributed by atoms with Crippen LogP contribution in [0.3, 0.4) is 0 Å². The van der Waals surface area contributed by atoms with Crippen LogP contribution in [0.25, 0.3) is 10.9 Å². The van der Waals surface area contributed by atoms with Crippen molar-refractivity contribution in [1.82, 2.24) is 14.7 Å². The van der Waals surface area contributed by atoms with Crippen molar-refractivity contribution in [2.45, 2.75) is 31.2 Å². The molecule has 8 heteroatoms. The summed E-state index contributed by atoms with van der Waals surface area (Å²) in [7, 11) is -3.76. The maximum Gasteiger partial charge on any atom is 0.242 e. The maximum atomic E-state index is 12.6. The summed E-state index contributed by atoms with van der Waals surface area (Å²) < 4.78 is 27.9. The molecule has 0 amide bonds. The predicted octanol–water partition coefficient (Wildman–Crippen LogP) is 3.67. The zero-order valence-electron chi connectivity index (χ0n) is 15.5. The number of aryl methyl sites for hydroxylation is 1. The third kappa shape index (κ3) is 3.70. The van der Waals surface area contributed by atoms with E-state index >= 15 is 0 Å². The van der Waals surface area contributed by atoms with Crippen molar-refractivity contribution in [2.75, 3.05) is 18.0 Å². The molecule has 0 aliphatic carbocycles. The smallest absolute Gasteiger partial charge is 0.242 e. The van der Waals surface area contributed by atoms with Gasteiger partial charge in [0.05, 0.1) is 17.1 Å². The average molecular weight is 417 g/mol. The largest absolute Gasteiger partial charge is 0.356 e. The minimum absolute atomic E-state index is 0.00132. The maximum absolute atomic E-state index is 12.6. The molecule has 0 unspecified atom stereocenters. The number of fused-ring (bicyclic) bond motifs is 1. The van der Waals surface area contributed by atoms with Crippen molar-refractivity contribution in [3.05, 3.63) is 58.9 Å². The van der Waals surface area contributed by atoms with Crippen LogP contribution in [0.5, 0.6) is 0 Å². The zero-order chi connectivity index (χ0) is 19.7. The van der Waals surface area contributed by atoms with Gasteiger partial charge in [0.25, 0.3) is 0 Å². The summed E-state index contributed by atoms with van der Waals surface area (Å²) in [5.41, 5.74) is 1.89. The highest BCUT2D eigenvalue weighted by molar-refractivity contribution is 7.89. The Morgan fingerprint density at radius 1 is 1.07 bits per heavy atom. The summed E-state index contributed by atoms with van der Waals surface area (Å²) >= 11 is 6.04. The van der Waals surface area contributed by atoms with Crippen LogP contribution in [0.4, 0.5) is 5.82 Å². The lowest BCUT2D eigenvalue weighted by molar-refractivity contribution is 0.579. The number of aromatic nitrogens is 2. The van der Waals surface area contributed by atoms with Gasteiger partial charge < -0.3 is 4.90 Å². The fourth-order valence-electron chi connectivity index (χ4n) is 3.47. The number of halogens is 1. The summed E-state index contributed by atoms with van der Waals surface area (Å²) in [5.74, 6) is 1.32. The Hall–Kier alpha value is -2.22. The highest BCUT2D eigenvalue weighted by Gasteiger charge is 2.21. The molecule has 1 fully saturated rings. The van der Waals surface area contributed by atoms with Gasteiger partial charge in [-0.3, -0.25) is 0 Å². The summed E-state index contributed by atoms with van der Waals surface area (Å²) in [4.78, 5) is 11.6. The molecule has 1 saturated heterocycles. The first-order valence-corrected chi connectivity index (χ1v) is 11.1. The first-order valence-electron chi connectivity index (χ1n) is 9.21. The van der Waals surface area contributed by atoms with Gasteiger partial charge in [0.1, 0.15) is 16.5 Å². The van der Waals surface area contributed by atoms with Crippen LogP contribution in [0.2, 0.25) is 5.02 Å². The number of nitrogens with zero attached hydrogens (tertiary/aromatic N) is 3. The Kier molecular flexibility index (Phi) is 5.23. The van der Waals surface area contributed by atoms with Crippen LogP contribution in [0.15, 0.2) is 47.4 Å². The Labute approximate surface area is 169 Å². The first-order chi connectivity index (χ1) is 13.5. The molecule has 0 radical (unpaired) electrons. The standard InChI is InChI=1S/C20H21ClN4O2S/c1-14-7-6-8-15-19(14)23-18(24-20(15)25-11-4-5-12-25)13-22-28(26,27)17-10-3-2-9-16(17)21/h2-3,6-10,22H,4-5,11-13H2,1H3. The molecule has 146 valence electrons. The lowest BCUT2D eigenvalue weighted by Gasteiger charge is -2.20. The topological polar surface area (TPSA) is 75.2 Å². The van der Waals surface area contributed by atoms with E-state index in [0.717, 1.165) is 48.2 Å². The van der Waals surface area contributed by atoms with Gasteiger partial charge in [-0.15, -0.1) is 0 Å². The number of para-hydroxylation sites is 1. The molecule has 1 aliphatic heterocycles. The fourth-order valence-corrected chi connectivity index (χ4v) is 4.97. The van der Waals surface area contributed by atoms with Crippen LogP contribution < -0.4 is 9.62 Å². The molecule has 1 aromatic heterocycles. The molecule has 3 aromatic rings. The molecule has 1 aliphatic rings. The SMILES string of the molecule is Cc1cccc2c(N3CCCC3)nc(CNS(=O)(=O)c3ccccc3Cl)nc12. The molecule has 0 atom stereocenters. The quantitative estimate of drug-likeness (QED) is 0.686. The molecule has 2 aromatic carbocycles. The number of sulfonamides is 1. The molecule has 0 bridgehead atoms. The highest BCUT2D eigenvalue weighted by atomic mass is 35.5. The van der Waals surface area contributed by atoms with E-state index in [2.05, 4.69) is 14.6 Å². The Morgan fingerprint density at radius 3 is 2.57 bits per heavy atom. The first kappa shape index (κ1) is 19.1. The van der Waals surface area contributed by atoms with Crippen molar-refractivity contribution in [3.8, 4) is 0 Å². The van der Waals surface area contributed by atoms with Crippen LogP contribution in [0, 0.1) is 6.92 Å². The Morgan fingerprint density at radius 2 is 1.82 bits per heavy atom. The van der Waals surface area contributed by atoms with Crippen molar-refractivity contribution < 1.29 is 8.42 Å². The van der Waals surface area contributed by atoms with Crippen LogP contribution in [-0.2, 0) is 16.6 Å². The summed E-state index contributed by atoms with van der Waals surface area (Å²) in [6, 6.07) is 12.4. The van der Waals surface area contributed by atoms with Gasteiger partial charge >= 0.3 is 0 Å². The van der Waals surface area contributed by atoms with Crippen molar-refractivity contribution >= 4 is 38.3 Å². The van der Waals surface area contributed by atoms with Crippen LogP contribution in [0.1, 0.15) is 24.2 Å².